The first kappa shape index (κ1) is 33.8. The number of carbonyl (C=O) groups is 1. The molecule has 0 aromatic carbocycles. The highest BCUT2D eigenvalue weighted by molar-refractivity contribution is 5.77. The van der Waals surface area contributed by atoms with Gasteiger partial charge in [0.1, 0.15) is 29.8 Å². The van der Waals surface area contributed by atoms with E-state index in [4.69, 9.17) is 9.47 Å². The molecule has 256 valence electrons. The first-order valence-electron chi connectivity index (χ1n) is 17.4. The normalized spacial score (nSPS) is 53.6. The molecule has 9 nitrogen and oxygen atoms in total. The minimum atomic E-state index is -1.47. The Morgan fingerprint density at radius 3 is 2.22 bits per heavy atom. The van der Waals surface area contributed by atoms with Gasteiger partial charge >= 0.3 is 5.97 Å². The molecule has 0 aromatic heterocycles. The quantitative estimate of drug-likeness (QED) is 0.199. The highest BCUT2D eigenvalue weighted by atomic mass is 16.7. The molecule has 5 fully saturated rings. The third-order valence-corrected chi connectivity index (χ3v) is 15.2. The van der Waals surface area contributed by atoms with Crippen molar-refractivity contribution >= 4 is 5.97 Å². The second-order valence-corrected chi connectivity index (χ2v) is 18.0. The summed E-state index contributed by atoms with van der Waals surface area (Å²) in [5.41, 5.74) is -0.571. The molecule has 4 saturated carbocycles. The maximum Gasteiger partial charge on any atom is 0.312 e. The van der Waals surface area contributed by atoms with Gasteiger partial charge in [-0.1, -0.05) is 60.1 Å². The summed E-state index contributed by atoms with van der Waals surface area (Å²) in [5.74, 6) is -0.382. The molecule has 0 bridgehead atoms. The number of hydrogen-bond donors (Lipinski definition) is 6. The Morgan fingerprint density at radius 2 is 1.58 bits per heavy atom. The molecular weight excluding hydrogens is 576 g/mol. The largest absolute Gasteiger partial charge is 0.481 e. The summed E-state index contributed by atoms with van der Waals surface area (Å²) in [6, 6.07) is 0. The number of fused-ring (bicyclic) bond motifs is 7. The van der Waals surface area contributed by atoms with Gasteiger partial charge in [-0.25, -0.2) is 0 Å². The molecule has 14 atom stereocenters. The van der Waals surface area contributed by atoms with Crippen molar-refractivity contribution in [1.82, 2.24) is 0 Å². The molecule has 0 amide bonds. The summed E-state index contributed by atoms with van der Waals surface area (Å²) in [7, 11) is 0. The predicted octanol–water partition coefficient (Wildman–Crippen LogP) is 4.03. The van der Waals surface area contributed by atoms with Crippen molar-refractivity contribution in [3.05, 3.63) is 11.6 Å². The fraction of sp³-hybridized carbons (Fsp3) is 0.917. The standard InChI is InChI=1S/C36H58O9/c1-31(2)14-15-36(30(42)43)20(16-31)19-8-9-23-33(5)12-11-25(45-29-28(41)27(40)26(39)21(18-37)44-29)32(3,4)22(33)10-13-34(23,6)35(19,7)17-24(36)38/h8,20-29,37-41H,9-18H2,1-7H3,(H,42,43)/t20-,21-,22-,23-,24+,25+,26-,27+,28-,29+,33+,34+,35-,36+/m0/s1. The summed E-state index contributed by atoms with van der Waals surface area (Å²) in [4.78, 5) is 13.0. The molecule has 1 aliphatic heterocycles. The maximum atomic E-state index is 13.0. The van der Waals surface area contributed by atoms with Gasteiger partial charge < -0.3 is 40.1 Å². The van der Waals surface area contributed by atoms with Gasteiger partial charge in [0.25, 0.3) is 0 Å². The van der Waals surface area contributed by atoms with Crippen LogP contribution >= 0.6 is 0 Å². The number of carboxylic acids is 1. The van der Waals surface area contributed by atoms with E-state index in [-0.39, 0.29) is 39.1 Å². The maximum absolute atomic E-state index is 13.0. The van der Waals surface area contributed by atoms with Gasteiger partial charge in [-0.05, 0) is 103 Å². The smallest absolute Gasteiger partial charge is 0.312 e. The van der Waals surface area contributed by atoms with Crippen molar-refractivity contribution in [2.24, 2.45) is 50.2 Å². The lowest BCUT2D eigenvalue weighted by molar-refractivity contribution is -0.330. The van der Waals surface area contributed by atoms with Crippen molar-refractivity contribution in [3.8, 4) is 0 Å². The van der Waals surface area contributed by atoms with Gasteiger partial charge in [0.15, 0.2) is 6.29 Å². The van der Waals surface area contributed by atoms with E-state index < -0.39 is 54.8 Å². The Labute approximate surface area is 268 Å². The molecule has 6 aliphatic rings. The van der Waals surface area contributed by atoms with E-state index in [2.05, 4.69) is 54.5 Å². The zero-order chi connectivity index (χ0) is 33.1. The van der Waals surface area contributed by atoms with Crippen LogP contribution in [0.15, 0.2) is 11.6 Å². The summed E-state index contributed by atoms with van der Waals surface area (Å²) >= 11 is 0. The summed E-state index contributed by atoms with van der Waals surface area (Å²) < 4.78 is 12.2. The van der Waals surface area contributed by atoms with E-state index in [0.717, 1.165) is 44.9 Å². The molecule has 1 heterocycles. The van der Waals surface area contributed by atoms with Gasteiger partial charge in [-0.2, -0.15) is 0 Å². The third-order valence-electron chi connectivity index (χ3n) is 15.2. The molecule has 45 heavy (non-hydrogen) atoms. The van der Waals surface area contributed by atoms with Crippen LogP contribution in [0.4, 0.5) is 0 Å². The fourth-order valence-corrected chi connectivity index (χ4v) is 12.3. The van der Waals surface area contributed by atoms with E-state index in [1.807, 2.05) is 0 Å². The van der Waals surface area contributed by atoms with Crippen LogP contribution in [-0.2, 0) is 14.3 Å². The Balaban J connectivity index is 1.31. The van der Waals surface area contributed by atoms with Gasteiger partial charge in [-0.3, -0.25) is 4.79 Å². The van der Waals surface area contributed by atoms with Crippen molar-refractivity contribution in [2.45, 2.75) is 149 Å². The Hall–Kier alpha value is -1.07. The molecule has 5 aliphatic carbocycles. The number of ether oxygens (including phenoxy) is 2. The third kappa shape index (κ3) is 4.54. The highest BCUT2D eigenvalue weighted by Crippen LogP contribution is 2.76. The lowest BCUT2D eigenvalue weighted by atomic mass is 9.33. The van der Waals surface area contributed by atoms with Gasteiger partial charge in [0.2, 0.25) is 0 Å². The number of aliphatic carboxylic acids is 1. The number of allylic oxidation sites excluding steroid dienone is 2. The average molecular weight is 635 g/mol. The van der Waals surface area contributed by atoms with Gasteiger partial charge in [-0.15, -0.1) is 0 Å². The van der Waals surface area contributed by atoms with Crippen molar-refractivity contribution in [2.75, 3.05) is 6.61 Å². The lowest BCUT2D eigenvalue weighted by Gasteiger charge is -2.71. The van der Waals surface area contributed by atoms with Crippen LogP contribution in [-0.4, -0.2) is 86.1 Å². The molecule has 0 radical (unpaired) electrons. The number of aliphatic hydroxyl groups is 5. The van der Waals surface area contributed by atoms with Gasteiger partial charge in [0.05, 0.1) is 18.8 Å². The van der Waals surface area contributed by atoms with E-state index >= 15 is 0 Å². The predicted molar refractivity (Wildman–Crippen MR) is 167 cm³/mol. The molecule has 6 N–H and O–H groups in total. The molecule has 6 rings (SSSR count). The van der Waals surface area contributed by atoms with Crippen molar-refractivity contribution in [1.29, 1.82) is 0 Å². The molecule has 0 spiro atoms. The Morgan fingerprint density at radius 1 is 0.889 bits per heavy atom. The molecular formula is C36H58O9. The second-order valence-electron chi connectivity index (χ2n) is 18.0. The average Bonchev–Trinajstić information content (AvgIpc) is 2.94. The van der Waals surface area contributed by atoms with Crippen LogP contribution in [0, 0.1) is 50.2 Å². The van der Waals surface area contributed by atoms with E-state index in [9.17, 15) is 35.4 Å². The molecule has 9 heteroatoms. The molecule has 0 aromatic rings. The Bertz CT molecular complexity index is 1210. The van der Waals surface area contributed by atoms with Crippen LogP contribution in [0.3, 0.4) is 0 Å². The van der Waals surface area contributed by atoms with Crippen LogP contribution in [0.2, 0.25) is 0 Å². The topological polar surface area (TPSA) is 157 Å². The number of aliphatic hydroxyl groups excluding tert-OH is 5. The van der Waals surface area contributed by atoms with E-state index in [1.54, 1.807) is 0 Å². The first-order chi connectivity index (χ1) is 20.8. The zero-order valence-corrected chi connectivity index (χ0v) is 28.3. The zero-order valence-electron chi connectivity index (χ0n) is 28.3. The molecule has 1 saturated heterocycles. The molecule has 0 unspecified atom stereocenters. The van der Waals surface area contributed by atoms with Crippen LogP contribution in [0.5, 0.6) is 0 Å². The highest BCUT2D eigenvalue weighted by Gasteiger charge is 2.71. The minimum absolute atomic E-state index is 0.0210. The van der Waals surface area contributed by atoms with Crippen LogP contribution < -0.4 is 0 Å². The number of rotatable bonds is 4. The van der Waals surface area contributed by atoms with Crippen LogP contribution in [0.1, 0.15) is 106 Å². The van der Waals surface area contributed by atoms with Crippen molar-refractivity contribution < 1.29 is 44.9 Å². The Kier molecular flexibility index (Phi) is 8.05. The minimum Gasteiger partial charge on any atom is -0.481 e. The van der Waals surface area contributed by atoms with E-state index in [1.165, 1.54) is 5.57 Å². The fourth-order valence-electron chi connectivity index (χ4n) is 12.3. The SMILES string of the molecule is CC1(C)CC[C@]2(C(=O)O)[C@H](O)C[C@@]3(C)C(=CC[C@H]4[C@]5(C)CC[C@@H](O[C@H]6O[C@@H](CO)[C@H](O)[C@@H](O)[C@@H]6O)C(C)(C)[C@@H]5CC[C@]43C)[C@@H]2C1. The first-order valence-corrected chi connectivity index (χ1v) is 17.4. The number of carboxylic acid groups (broad SMARTS) is 1. The van der Waals surface area contributed by atoms with Crippen LogP contribution in [0.25, 0.3) is 0 Å². The lowest BCUT2D eigenvalue weighted by Crippen LogP contribution is -2.68. The van der Waals surface area contributed by atoms with Crippen molar-refractivity contribution in [3.63, 3.8) is 0 Å². The summed E-state index contributed by atoms with van der Waals surface area (Å²) in [5, 5.41) is 63.5. The monoisotopic (exact) mass is 634 g/mol. The van der Waals surface area contributed by atoms with E-state index in [0.29, 0.717) is 24.7 Å². The van der Waals surface area contributed by atoms with Gasteiger partial charge in [0, 0.05) is 0 Å². The second kappa shape index (κ2) is 10.7. The summed E-state index contributed by atoms with van der Waals surface area (Å²) in [6.07, 6.45) is 1.79. The summed E-state index contributed by atoms with van der Waals surface area (Å²) in [6.45, 7) is 15.6. The number of hydrogen-bond acceptors (Lipinski definition) is 8.